The quantitative estimate of drug-likeness (QED) is 0.528. The van der Waals surface area contributed by atoms with Crippen LogP contribution in [0.2, 0.25) is 0 Å². The van der Waals surface area contributed by atoms with Crippen LogP contribution >= 0.6 is 0 Å². The molecule has 1 N–H and O–H groups in total. The number of rotatable bonds is 7. The minimum absolute atomic E-state index is 0.0621. The molecule has 0 aromatic heterocycles. The highest BCUT2D eigenvalue weighted by Crippen LogP contribution is 2.25. The summed E-state index contributed by atoms with van der Waals surface area (Å²) in [5.74, 6) is -1.39. The van der Waals surface area contributed by atoms with Gasteiger partial charge in [-0.15, -0.1) is 0 Å². The predicted octanol–water partition coefficient (Wildman–Crippen LogP) is 2.44. The first kappa shape index (κ1) is 21.7. The number of benzene rings is 2. The average Bonchev–Trinajstić information content (AvgIpc) is 3.30. The smallest absolute Gasteiger partial charge is 0.338 e. The van der Waals surface area contributed by atoms with Crippen molar-refractivity contribution in [3.8, 4) is 0 Å². The van der Waals surface area contributed by atoms with Crippen LogP contribution in [0.4, 0.5) is 5.69 Å². The van der Waals surface area contributed by atoms with Gasteiger partial charge in [0.2, 0.25) is 5.91 Å². The van der Waals surface area contributed by atoms with E-state index in [1.54, 1.807) is 42.5 Å². The van der Waals surface area contributed by atoms with Crippen molar-refractivity contribution in [3.63, 3.8) is 0 Å². The number of amides is 2. The van der Waals surface area contributed by atoms with Gasteiger partial charge >= 0.3 is 5.97 Å². The number of esters is 1. The number of morpholine rings is 1. The molecular weight excluding hydrogens is 412 g/mol. The van der Waals surface area contributed by atoms with Crippen molar-refractivity contribution >= 4 is 29.3 Å². The lowest BCUT2D eigenvalue weighted by Gasteiger charge is -2.34. The van der Waals surface area contributed by atoms with Crippen LogP contribution in [-0.2, 0) is 19.1 Å². The third kappa shape index (κ3) is 5.03. The third-order valence-electron chi connectivity index (χ3n) is 5.63. The molecule has 4 rings (SSSR count). The SMILES string of the molecule is O=C(CC1OCC2CCCN2C1=O)Nc1ccc(C(=O)OCC(=O)c2ccccc2)cc1. The second-order valence-corrected chi connectivity index (χ2v) is 7.84. The minimum Gasteiger partial charge on any atom is -0.454 e. The molecule has 0 bridgehead atoms. The van der Waals surface area contributed by atoms with Gasteiger partial charge in [-0.3, -0.25) is 14.4 Å². The summed E-state index contributed by atoms with van der Waals surface area (Å²) in [6.45, 7) is 0.835. The molecule has 2 saturated heterocycles. The standard InChI is InChI=1S/C24H24N2O6/c27-20(16-5-2-1-3-6-16)15-32-24(30)17-8-10-18(11-9-17)25-22(28)13-21-23(29)26-12-4-7-19(26)14-31-21/h1-3,5-6,8-11,19,21H,4,7,12-15H2,(H,25,28). The zero-order valence-electron chi connectivity index (χ0n) is 17.5. The van der Waals surface area contributed by atoms with Crippen molar-refractivity contribution in [2.45, 2.75) is 31.4 Å². The van der Waals surface area contributed by atoms with E-state index in [9.17, 15) is 19.2 Å². The zero-order valence-corrected chi connectivity index (χ0v) is 17.5. The summed E-state index contributed by atoms with van der Waals surface area (Å²) < 4.78 is 10.7. The number of nitrogens with one attached hydrogen (secondary N) is 1. The van der Waals surface area contributed by atoms with Crippen LogP contribution in [0.1, 0.15) is 40.0 Å². The molecule has 8 nitrogen and oxygen atoms in total. The summed E-state index contributed by atoms with van der Waals surface area (Å²) in [7, 11) is 0. The van der Waals surface area contributed by atoms with Crippen LogP contribution in [0, 0.1) is 0 Å². The highest BCUT2D eigenvalue weighted by Gasteiger charge is 2.39. The Morgan fingerprint density at radius 1 is 1.03 bits per heavy atom. The van der Waals surface area contributed by atoms with Gasteiger partial charge in [-0.2, -0.15) is 0 Å². The summed E-state index contributed by atoms with van der Waals surface area (Å²) in [5, 5.41) is 2.71. The number of ketones is 1. The van der Waals surface area contributed by atoms with E-state index in [1.807, 2.05) is 4.90 Å². The van der Waals surface area contributed by atoms with Crippen molar-refractivity contribution in [2.24, 2.45) is 0 Å². The molecule has 2 aromatic carbocycles. The molecule has 166 valence electrons. The van der Waals surface area contributed by atoms with Crippen LogP contribution in [0.25, 0.3) is 0 Å². The molecule has 0 spiro atoms. The fraction of sp³-hybridized carbons (Fsp3) is 0.333. The number of carbonyl (C=O) groups excluding carboxylic acids is 4. The topological polar surface area (TPSA) is 102 Å². The zero-order chi connectivity index (χ0) is 22.5. The first-order chi connectivity index (χ1) is 15.5. The number of hydrogen-bond donors (Lipinski definition) is 1. The summed E-state index contributed by atoms with van der Waals surface area (Å²) in [6, 6.07) is 14.9. The molecule has 2 aromatic rings. The van der Waals surface area contributed by atoms with E-state index in [0.717, 1.165) is 19.4 Å². The number of Topliss-reactive ketones (excluding diaryl/α,β-unsaturated/α-hetero) is 1. The van der Waals surface area contributed by atoms with E-state index in [0.29, 0.717) is 17.9 Å². The van der Waals surface area contributed by atoms with Crippen LogP contribution in [0.3, 0.4) is 0 Å². The third-order valence-corrected chi connectivity index (χ3v) is 5.63. The van der Waals surface area contributed by atoms with Gasteiger partial charge in [0.1, 0.15) is 6.10 Å². The monoisotopic (exact) mass is 436 g/mol. The van der Waals surface area contributed by atoms with E-state index in [1.165, 1.54) is 12.1 Å². The highest BCUT2D eigenvalue weighted by molar-refractivity contribution is 5.99. The normalized spacial score (nSPS) is 19.9. The molecule has 2 amide bonds. The molecule has 2 heterocycles. The highest BCUT2D eigenvalue weighted by atomic mass is 16.5. The molecule has 2 unspecified atom stereocenters. The van der Waals surface area contributed by atoms with E-state index in [2.05, 4.69) is 5.32 Å². The maximum Gasteiger partial charge on any atom is 0.338 e. The Labute approximate surface area is 185 Å². The van der Waals surface area contributed by atoms with Crippen molar-refractivity contribution in [3.05, 3.63) is 65.7 Å². The van der Waals surface area contributed by atoms with E-state index in [4.69, 9.17) is 9.47 Å². The van der Waals surface area contributed by atoms with Gasteiger partial charge in [-0.25, -0.2) is 4.79 Å². The van der Waals surface area contributed by atoms with Crippen molar-refractivity contribution in [2.75, 3.05) is 25.1 Å². The molecule has 2 fully saturated rings. The summed E-state index contributed by atoms with van der Waals surface area (Å²) in [5.41, 5.74) is 1.21. The Balaban J connectivity index is 1.26. The molecule has 0 aliphatic carbocycles. The van der Waals surface area contributed by atoms with Gasteiger partial charge in [-0.05, 0) is 37.1 Å². The maximum atomic E-state index is 12.5. The molecule has 2 aliphatic heterocycles. The Bertz CT molecular complexity index is 1000. The number of carbonyl (C=O) groups is 4. The van der Waals surface area contributed by atoms with Gasteiger partial charge in [0, 0.05) is 17.8 Å². The Morgan fingerprint density at radius 3 is 2.53 bits per heavy atom. The Hall–Kier alpha value is -3.52. The second-order valence-electron chi connectivity index (χ2n) is 7.84. The first-order valence-electron chi connectivity index (χ1n) is 10.6. The molecular formula is C24H24N2O6. The van der Waals surface area contributed by atoms with Gasteiger partial charge in [0.25, 0.3) is 5.91 Å². The summed E-state index contributed by atoms with van der Waals surface area (Å²) in [6.07, 6.45) is 1.09. The van der Waals surface area contributed by atoms with E-state index < -0.39 is 12.1 Å². The largest absolute Gasteiger partial charge is 0.454 e. The average molecular weight is 436 g/mol. The Kier molecular flexibility index (Phi) is 6.61. The number of nitrogens with zero attached hydrogens (tertiary/aromatic N) is 1. The second kappa shape index (κ2) is 9.74. The molecule has 0 radical (unpaired) electrons. The number of ether oxygens (including phenoxy) is 2. The minimum atomic E-state index is -0.763. The van der Waals surface area contributed by atoms with Gasteiger partial charge in [0.15, 0.2) is 12.4 Å². The van der Waals surface area contributed by atoms with Crippen LogP contribution < -0.4 is 5.32 Å². The van der Waals surface area contributed by atoms with Crippen LogP contribution in [0.5, 0.6) is 0 Å². The fourth-order valence-electron chi connectivity index (χ4n) is 3.92. The first-order valence-corrected chi connectivity index (χ1v) is 10.6. The summed E-state index contributed by atoms with van der Waals surface area (Å²) >= 11 is 0. The van der Waals surface area contributed by atoms with Gasteiger partial charge in [-0.1, -0.05) is 30.3 Å². The molecule has 2 atom stereocenters. The van der Waals surface area contributed by atoms with Crippen molar-refractivity contribution in [1.82, 2.24) is 4.90 Å². The lowest BCUT2D eigenvalue weighted by molar-refractivity contribution is -0.158. The number of anilines is 1. The van der Waals surface area contributed by atoms with Crippen LogP contribution in [-0.4, -0.2) is 60.4 Å². The predicted molar refractivity (Wildman–Crippen MR) is 115 cm³/mol. The van der Waals surface area contributed by atoms with Crippen molar-refractivity contribution in [1.29, 1.82) is 0 Å². The number of hydrogen-bond acceptors (Lipinski definition) is 6. The Morgan fingerprint density at radius 2 is 1.78 bits per heavy atom. The molecule has 0 saturated carbocycles. The van der Waals surface area contributed by atoms with Crippen molar-refractivity contribution < 1.29 is 28.7 Å². The molecule has 8 heteroatoms. The van der Waals surface area contributed by atoms with Gasteiger partial charge in [0.05, 0.1) is 24.6 Å². The fourth-order valence-corrected chi connectivity index (χ4v) is 3.92. The van der Waals surface area contributed by atoms with E-state index in [-0.39, 0.29) is 42.2 Å². The summed E-state index contributed by atoms with van der Waals surface area (Å²) in [4.78, 5) is 50.9. The van der Waals surface area contributed by atoms with Gasteiger partial charge < -0.3 is 19.7 Å². The number of fused-ring (bicyclic) bond motifs is 1. The lowest BCUT2D eigenvalue weighted by Crippen LogP contribution is -2.51. The lowest BCUT2D eigenvalue weighted by atomic mass is 10.1. The molecule has 32 heavy (non-hydrogen) atoms. The molecule has 2 aliphatic rings. The van der Waals surface area contributed by atoms with E-state index >= 15 is 0 Å². The van der Waals surface area contributed by atoms with Crippen LogP contribution in [0.15, 0.2) is 54.6 Å². The maximum absolute atomic E-state index is 12.5.